The second-order valence-corrected chi connectivity index (χ2v) is 8.42. The van der Waals surface area contributed by atoms with E-state index in [1.54, 1.807) is 18.2 Å². The summed E-state index contributed by atoms with van der Waals surface area (Å²) in [7, 11) is 0. The molecule has 0 saturated carbocycles. The summed E-state index contributed by atoms with van der Waals surface area (Å²) in [5.41, 5.74) is 3.93. The third kappa shape index (κ3) is 4.83. The molecule has 1 N–H and O–H groups in total. The molecule has 0 saturated heterocycles. The normalized spacial score (nSPS) is 11.1. The van der Waals surface area contributed by atoms with Crippen LogP contribution in [0.5, 0.6) is 5.75 Å². The number of aromatic nitrogens is 1. The molecule has 2 heterocycles. The quantitative estimate of drug-likeness (QED) is 0.413. The molecule has 2 aromatic heterocycles. The predicted molar refractivity (Wildman–Crippen MR) is 123 cm³/mol. The zero-order valence-electron chi connectivity index (χ0n) is 17.5. The number of carbonyl (C=O) groups excluding carboxylic acids is 1. The zero-order chi connectivity index (χ0) is 22.0. The van der Waals surface area contributed by atoms with Gasteiger partial charge in [0.05, 0.1) is 5.69 Å². The molecule has 4 aromatic rings. The van der Waals surface area contributed by atoms with Crippen LogP contribution in [-0.4, -0.2) is 17.5 Å². The van der Waals surface area contributed by atoms with E-state index in [4.69, 9.17) is 9.15 Å². The van der Waals surface area contributed by atoms with Gasteiger partial charge in [0.2, 0.25) is 0 Å². The lowest BCUT2D eigenvalue weighted by Crippen LogP contribution is -2.20. The van der Waals surface area contributed by atoms with Crippen molar-refractivity contribution >= 4 is 33.3 Å². The predicted octanol–water partition coefficient (Wildman–Crippen LogP) is 5.37. The summed E-state index contributed by atoms with van der Waals surface area (Å²) in [5, 5.41) is 6.01. The topological polar surface area (TPSA) is 81.4 Å². The van der Waals surface area contributed by atoms with Crippen molar-refractivity contribution in [3.63, 3.8) is 0 Å². The summed E-state index contributed by atoms with van der Waals surface area (Å²) >= 11 is 1.36. The Hall–Kier alpha value is -3.45. The van der Waals surface area contributed by atoms with Gasteiger partial charge in [0.25, 0.3) is 5.91 Å². The van der Waals surface area contributed by atoms with E-state index in [9.17, 15) is 9.59 Å². The average molecular weight is 435 g/mol. The van der Waals surface area contributed by atoms with Crippen molar-refractivity contribution in [3.8, 4) is 17.0 Å². The molecule has 1 amide bonds. The van der Waals surface area contributed by atoms with Crippen molar-refractivity contribution in [3.05, 3.63) is 75.5 Å². The number of benzene rings is 2. The molecule has 0 fully saturated rings. The molecule has 0 aliphatic rings. The Morgan fingerprint density at radius 2 is 1.94 bits per heavy atom. The molecule has 31 heavy (non-hydrogen) atoms. The molecule has 0 spiro atoms. The largest absolute Gasteiger partial charge is 0.484 e. The van der Waals surface area contributed by atoms with Gasteiger partial charge in [0.1, 0.15) is 11.3 Å². The number of nitrogens with zero attached hydrogens (tertiary/aromatic N) is 1. The van der Waals surface area contributed by atoms with Gasteiger partial charge < -0.3 is 9.15 Å². The number of carbonyl (C=O) groups is 1. The Balaban J connectivity index is 1.38. The van der Waals surface area contributed by atoms with Crippen LogP contribution in [0.25, 0.3) is 22.2 Å². The van der Waals surface area contributed by atoms with E-state index in [1.165, 1.54) is 23.0 Å². The first-order valence-electron chi connectivity index (χ1n) is 9.92. The number of amides is 1. The standard InChI is InChI=1S/C24H22N2O4S/c1-14(2)16-4-6-17(7-5-16)20-13-31-24(25-20)26-22(27)12-29-18-8-9-19-15(3)10-23(28)30-21(19)11-18/h4-11,13-14H,12H2,1-3H3,(H,25,26,27). The van der Waals surface area contributed by atoms with Crippen molar-refractivity contribution in [2.24, 2.45) is 0 Å². The highest BCUT2D eigenvalue weighted by atomic mass is 32.1. The molecule has 158 valence electrons. The maximum atomic E-state index is 12.3. The summed E-state index contributed by atoms with van der Waals surface area (Å²) in [6, 6.07) is 14.9. The lowest BCUT2D eigenvalue weighted by atomic mass is 10.0. The lowest BCUT2D eigenvalue weighted by molar-refractivity contribution is -0.118. The maximum absolute atomic E-state index is 12.3. The molecule has 0 unspecified atom stereocenters. The van der Waals surface area contributed by atoms with Crippen molar-refractivity contribution < 1.29 is 13.9 Å². The zero-order valence-corrected chi connectivity index (χ0v) is 18.3. The van der Waals surface area contributed by atoms with E-state index in [0.29, 0.717) is 22.4 Å². The van der Waals surface area contributed by atoms with Gasteiger partial charge in [-0.2, -0.15) is 0 Å². The van der Waals surface area contributed by atoms with Gasteiger partial charge in [0.15, 0.2) is 11.7 Å². The van der Waals surface area contributed by atoms with Crippen molar-refractivity contribution in [2.45, 2.75) is 26.7 Å². The first-order valence-corrected chi connectivity index (χ1v) is 10.8. The van der Waals surface area contributed by atoms with E-state index >= 15 is 0 Å². The van der Waals surface area contributed by atoms with Gasteiger partial charge in [-0.15, -0.1) is 11.3 Å². The van der Waals surface area contributed by atoms with Gasteiger partial charge in [-0.25, -0.2) is 9.78 Å². The molecular weight excluding hydrogens is 412 g/mol. The number of anilines is 1. The minimum absolute atomic E-state index is 0.181. The van der Waals surface area contributed by atoms with Gasteiger partial charge >= 0.3 is 5.63 Å². The van der Waals surface area contributed by atoms with E-state index in [-0.39, 0.29) is 12.5 Å². The average Bonchev–Trinajstić information content (AvgIpc) is 3.20. The Kier molecular flexibility index (Phi) is 5.86. The second-order valence-electron chi connectivity index (χ2n) is 7.56. The number of hydrogen-bond acceptors (Lipinski definition) is 6. The molecule has 7 heteroatoms. The molecule has 4 rings (SSSR count). The number of rotatable bonds is 6. The van der Waals surface area contributed by atoms with Crippen molar-refractivity contribution in [1.29, 1.82) is 0 Å². The van der Waals surface area contributed by atoms with Crippen LogP contribution < -0.4 is 15.7 Å². The van der Waals surface area contributed by atoms with Gasteiger partial charge in [-0.3, -0.25) is 10.1 Å². The number of fused-ring (bicyclic) bond motifs is 1. The summed E-state index contributed by atoms with van der Waals surface area (Å²) in [4.78, 5) is 28.3. The second kappa shape index (κ2) is 8.73. The van der Waals surface area contributed by atoms with Crippen LogP contribution in [0.4, 0.5) is 5.13 Å². The van der Waals surface area contributed by atoms with Crippen LogP contribution in [0.15, 0.2) is 63.1 Å². The molecule has 0 bridgehead atoms. The number of aryl methyl sites for hydroxylation is 1. The van der Waals surface area contributed by atoms with Crippen LogP contribution in [-0.2, 0) is 4.79 Å². The van der Waals surface area contributed by atoms with E-state index in [1.807, 2.05) is 24.4 Å². The van der Waals surface area contributed by atoms with Crippen LogP contribution in [0.3, 0.4) is 0 Å². The highest BCUT2D eigenvalue weighted by Crippen LogP contribution is 2.27. The highest BCUT2D eigenvalue weighted by Gasteiger charge is 2.10. The molecule has 6 nitrogen and oxygen atoms in total. The molecular formula is C24H22N2O4S. The van der Waals surface area contributed by atoms with Gasteiger partial charge in [-0.1, -0.05) is 38.1 Å². The Morgan fingerprint density at radius 1 is 1.16 bits per heavy atom. The fourth-order valence-electron chi connectivity index (χ4n) is 3.20. The minimum Gasteiger partial charge on any atom is -0.484 e. The van der Waals surface area contributed by atoms with Crippen LogP contribution in [0.2, 0.25) is 0 Å². The van der Waals surface area contributed by atoms with Gasteiger partial charge in [0, 0.05) is 28.5 Å². The number of nitrogens with one attached hydrogen (secondary N) is 1. The smallest absolute Gasteiger partial charge is 0.336 e. The molecule has 0 aliphatic carbocycles. The highest BCUT2D eigenvalue weighted by molar-refractivity contribution is 7.14. The van der Waals surface area contributed by atoms with Crippen molar-refractivity contribution in [1.82, 2.24) is 4.98 Å². The maximum Gasteiger partial charge on any atom is 0.336 e. The first kappa shape index (κ1) is 20.8. The number of thiazole rings is 1. The summed E-state index contributed by atoms with van der Waals surface area (Å²) < 4.78 is 10.8. The number of ether oxygens (including phenoxy) is 1. The van der Waals surface area contributed by atoms with E-state index in [2.05, 4.69) is 36.3 Å². The van der Waals surface area contributed by atoms with Crippen LogP contribution in [0.1, 0.15) is 30.9 Å². The molecule has 0 radical (unpaired) electrons. The Morgan fingerprint density at radius 3 is 2.68 bits per heavy atom. The molecule has 0 atom stereocenters. The van der Waals surface area contributed by atoms with E-state index < -0.39 is 5.63 Å². The van der Waals surface area contributed by atoms with Crippen LogP contribution >= 0.6 is 11.3 Å². The van der Waals surface area contributed by atoms with Gasteiger partial charge in [-0.05, 0) is 36.1 Å². The molecule has 2 aromatic carbocycles. The fourth-order valence-corrected chi connectivity index (χ4v) is 3.94. The monoisotopic (exact) mass is 434 g/mol. The Labute approximate surface area is 183 Å². The van der Waals surface area contributed by atoms with Crippen molar-refractivity contribution in [2.75, 3.05) is 11.9 Å². The summed E-state index contributed by atoms with van der Waals surface area (Å²) in [6.07, 6.45) is 0. The lowest BCUT2D eigenvalue weighted by Gasteiger charge is -2.07. The Bertz CT molecular complexity index is 1290. The third-order valence-corrected chi connectivity index (χ3v) is 5.67. The number of hydrogen-bond donors (Lipinski definition) is 1. The van der Waals surface area contributed by atoms with Crippen LogP contribution in [0, 0.1) is 6.92 Å². The minimum atomic E-state index is -0.418. The third-order valence-electron chi connectivity index (χ3n) is 4.92. The van der Waals surface area contributed by atoms with E-state index in [0.717, 1.165) is 22.2 Å². The summed E-state index contributed by atoms with van der Waals surface area (Å²) in [6.45, 7) is 5.97. The SMILES string of the molecule is Cc1cc(=O)oc2cc(OCC(=O)Nc3nc(-c4ccc(C(C)C)cc4)cs3)ccc12. The fraction of sp³-hybridized carbons (Fsp3) is 0.208. The first-order chi connectivity index (χ1) is 14.9. The molecule has 0 aliphatic heterocycles. The summed E-state index contributed by atoms with van der Waals surface area (Å²) in [5.74, 6) is 0.602.